The number of hydrogen-bond donors (Lipinski definition) is 0. The lowest BCUT2D eigenvalue weighted by atomic mass is 10.2. The Bertz CT molecular complexity index is 825. The maximum Gasteiger partial charge on any atom is 0.120 e. The number of benzene rings is 2. The van der Waals surface area contributed by atoms with E-state index in [1.54, 1.807) is 18.3 Å². The molecule has 0 aliphatic carbocycles. The van der Waals surface area contributed by atoms with E-state index in [-0.39, 0.29) is 5.25 Å². The van der Waals surface area contributed by atoms with Crippen LogP contribution < -0.4 is 4.74 Å². The molecule has 26 heavy (non-hydrogen) atoms. The number of ether oxygens (including phenoxy) is 1. The van der Waals surface area contributed by atoms with Gasteiger partial charge in [0.1, 0.15) is 12.4 Å². The Labute approximate surface area is 172 Å². The highest BCUT2D eigenvalue weighted by molar-refractivity contribution is 7.99. The summed E-state index contributed by atoms with van der Waals surface area (Å²) in [5.41, 5.74) is 1.23. The summed E-state index contributed by atoms with van der Waals surface area (Å²) >= 11 is 19.8. The molecule has 1 atom stereocenters. The summed E-state index contributed by atoms with van der Waals surface area (Å²) in [6.45, 7) is 1.36. The third kappa shape index (κ3) is 5.85. The molecule has 0 N–H and O–H groups in total. The van der Waals surface area contributed by atoms with Gasteiger partial charge in [0.15, 0.2) is 0 Å². The van der Waals surface area contributed by atoms with E-state index >= 15 is 0 Å². The minimum atomic E-state index is 0.245. The molecule has 1 aromatic heterocycles. The Morgan fingerprint density at radius 3 is 2.54 bits per heavy atom. The number of thioether (sulfide) groups is 1. The van der Waals surface area contributed by atoms with Crippen molar-refractivity contribution in [1.29, 1.82) is 0 Å². The number of imidazole rings is 1. The van der Waals surface area contributed by atoms with Crippen molar-refractivity contribution in [2.24, 2.45) is 0 Å². The van der Waals surface area contributed by atoms with Gasteiger partial charge in [0, 0.05) is 35.8 Å². The van der Waals surface area contributed by atoms with Crippen LogP contribution in [0.3, 0.4) is 0 Å². The molecule has 136 valence electrons. The fraction of sp³-hybridized carbons (Fsp3) is 0.211. The van der Waals surface area contributed by atoms with Crippen LogP contribution in [0.4, 0.5) is 0 Å². The molecular formula is C19H17Cl3N2OS. The van der Waals surface area contributed by atoms with Crippen molar-refractivity contribution < 1.29 is 4.74 Å². The summed E-state index contributed by atoms with van der Waals surface area (Å²) in [6, 6.07) is 13.2. The van der Waals surface area contributed by atoms with Crippen molar-refractivity contribution >= 4 is 46.6 Å². The van der Waals surface area contributed by atoms with E-state index in [4.69, 9.17) is 39.5 Å². The second-order valence-corrected chi connectivity index (χ2v) is 8.25. The third-order valence-electron chi connectivity index (χ3n) is 3.70. The first kappa shape index (κ1) is 19.4. The molecule has 0 saturated heterocycles. The van der Waals surface area contributed by atoms with Crippen molar-refractivity contribution in [3.8, 4) is 5.75 Å². The Hall–Kier alpha value is -1.33. The number of aromatic nitrogens is 2. The Morgan fingerprint density at radius 1 is 1.04 bits per heavy atom. The van der Waals surface area contributed by atoms with Gasteiger partial charge >= 0.3 is 0 Å². The fourth-order valence-electron chi connectivity index (χ4n) is 2.33. The summed E-state index contributed by atoms with van der Waals surface area (Å²) in [5, 5.41) is 2.00. The van der Waals surface area contributed by atoms with E-state index in [1.165, 1.54) is 5.56 Å². The quantitative estimate of drug-likeness (QED) is 0.427. The van der Waals surface area contributed by atoms with Gasteiger partial charge in [-0.15, -0.1) is 11.8 Å². The largest absolute Gasteiger partial charge is 0.492 e. The van der Waals surface area contributed by atoms with Crippen LogP contribution in [-0.2, 0) is 12.3 Å². The highest BCUT2D eigenvalue weighted by Crippen LogP contribution is 2.27. The minimum Gasteiger partial charge on any atom is -0.492 e. The number of nitrogens with zero attached hydrogens (tertiary/aromatic N) is 2. The van der Waals surface area contributed by atoms with E-state index in [1.807, 2.05) is 54.6 Å². The molecule has 1 heterocycles. The summed E-state index contributed by atoms with van der Waals surface area (Å²) in [7, 11) is 0. The summed E-state index contributed by atoms with van der Waals surface area (Å²) < 4.78 is 7.99. The van der Waals surface area contributed by atoms with Crippen molar-refractivity contribution in [3.05, 3.63) is 81.8 Å². The van der Waals surface area contributed by atoms with Gasteiger partial charge in [0.05, 0.1) is 21.6 Å². The smallest absolute Gasteiger partial charge is 0.120 e. The molecular weight excluding hydrogens is 411 g/mol. The molecule has 1 unspecified atom stereocenters. The van der Waals surface area contributed by atoms with Crippen molar-refractivity contribution in [3.63, 3.8) is 0 Å². The molecule has 0 aliphatic heterocycles. The summed E-state index contributed by atoms with van der Waals surface area (Å²) in [5.74, 6) is 1.59. The van der Waals surface area contributed by atoms with Crippen LogP contribution in [0.1, 0.15) is 5.56 Å². The molecule has 0 aliphatic rings. The Kier molecular flexibility index (Phi) is 7.15. The van der Waals surface area contributed by atoms with Crippen LogP contribution in [0.2, 0.25) is 15.1 Å². The second kappa shape index (κ2) is 9.56. The summed E-state index contributed by atoms with van der Waals surface area (Å²) in [6.07, 6.45) is 5.55. The second-order valence-electron chi connectivity index (χ2n) is 5.71. The molecule has 2 aromatic carbocycles. The zero-order valence-electron chi connectivity index (χ0n) is 13.8. The van der Waals surface area contributed by atoms with Gasteiger partial charge in [-0.1, -0.05) is 46.9 Å². The zero-order valence-corrected chi connectivity index (χ0v) is 16.9. The molecule has 3 aromatic rings. The molecule has 0 bridgehead atoms. The van der Waals surface area contributed by atoms with E-state index in [0.717, 1.165) is 17.3 Å². The van der Waals surface area contributed by atoms with E-state index in [2.05, 4.69) is 9.55 Å². The first-order valence-electron chi connectivity index (χ1n) is 8.00. The van der Waals surface area contributed by atoms with Gasteiger partial charge in [0.25, 0.3) is 0 Å². The third-order valence-corrected chi connectivity index (χ3v) is 5.95. The van der Waals surface area contributed by atoms with Crippen LogP contribution in [0.5, 0.6) is 5.75 Å². The standard InChI is InChI=1S/C19H17Cl3N2OS/c20-15-3-1-14(2-4-15)12-26-17(10-24-8-7-23-13-24)11-25-16-5-6-18(21)19(22)9-16/h1-9,13,17H,10-12H2. The molecule has 3 nitrogen and oxygen atoms in total. The monoisotopic (exact) mass is 426 g/mol. The van der Waals surface area contributed by atoms with Crippen LogP contribution in [0.25, 0.3) is 0 Å². The molecule has 0 spiro atoms. The van der Waals surface area contributed by atoms with Crippen molar-refractivity contribution in [2.45, 2.75) is 17.5 Å². The van der Waals surface area contributed by atoms with E-state index < -0.39 is 0 Å². The SMILES string of the molecule is Clc1ccc(CSC(COc2ccc(Cl)c(Cl)c2)Cn2ccnc2)cc1. The van der Waals surface area contributed by atoms with Crippen LogP contribution in [0, 0.1) is 0 Å². The molecule has 0 saturated carbocycles. The average Bonchev–Trinajstić information content (AvgIpc) is 3.14. The Balaban J connectivity index is 1.62. The highest BCUT2D eigenvalue weighted by Gasteiger charge is 2.13. The minimum absolute atomic E-state index is 0.245. The molecule has 0 radical (unpaired) electrons. The van der Waals surface area contributed by atoms with Gasteiger partial charge < -0.3 is 9.30 Å². The molecule has 0 fully saturated rings. The fourth-order valence-corrected chi connectivity index (χ4v) is 3.81. The van der Waals surface area contributed by atoms with Crippen LogP contribution in [-0.4, -0.2) is 21.4 Å². The Morgan fingerprint density at radius 2 is 1.85 bits per heavy atom. The van der Waals surface area contributed by atoms with Gasteiger partial charge in [-0.25, -0.2) is 4.98 Å². The predicted octanol–water partition coefficient (Wildman–Crippen LogP) is 6.22. The van der Waals surface area contributed by atoms with Gasteiger partial charge in [-0.3, -0.25) is 0 Å². The van der Waals surface area contributed by atoms with Crippen LogP contribution >= 0.6 is 46.6 Å². The van der Waals surface area contributed by atoms with Gasteiger partial charge in [0.2, 0.25) is 0 Å². The van der Waals surface area contributed by atoms with Crippen molar-refractivity contribution in [1.82, 2.24) is 9.55 Å². The number of hydrogen-bond acceptors (Lipinski definition) is 3. The number of rotatable bonds is 8. The topological polar surface area (TPSA) is 27.1 Å². The lowest BCUT2D eigenvalue weighted by Crippen LogP contribution is -2.20. The lowest BCUT2D eigenvalue weighted by Gasteiger charge is -2.18. The van der Waals surface area contributed by atoms with Crippen molar-refractivity contribution in [2.75, 3.05) is 6.61 Å². The maximum absolute atomic E-state index is 6.06. The molecule has 7 heteroatoms. The number of halogens is 3. The molecule has 0 amide bonds. The maximum atomic E-state index is 6.06. The van der Waals surface area contributed by atoms with Gasteiger partial charge in [-0.05, 0) is 29.8 Å². The average molecular weight is 428 g/mol. The first-order chi connectivity index (χ1) is 12.6. The zero-order chi connectivity index (χ0) is 18.4. The van der Waals surface area contributed by atoms with Crippen LogP contribution in [0.15, 0.2) is 61.2 Å². The van der Waals surface area contributed by atoms with Gasteiger partial charge in [-0.2, -0.15) is 0 Å². The predicted molar refractivity (Wildman–Crippen MR) is 111 cm³/mol. The lowest BCUT2D eigenvalue weighted by molar-refractivity contribution is 0.308. The first-order valence-corrected chi connectivity index (χ1v) is 10.2. The normalized spacial score (nSPS) is 12.1. The van der Waals surface area contributed by atoms with E-state index in [0.29, 0.717) is 22.4 Å². The molecule has 3 rings (SSSR count). The highest BCUT2D eigenvalue weighted by atomic mass is 35.5. The summed E-state index contributed by atoms with van der Waals surface area (Å²) in [4.78, 5) is 4.11. The van der Waals surface area contributed by atoms with E-state index in [9.17, 15) is 0 Å².